The molecule has 0 aliphatic carbocycles. The van der Waals surface area contributed by atoms with Gasteiger partial charge in [0.05, 0.1) is 28.8 Å². The van der Waals surface area contributed by atoms with Crippen molar-refractivity contribution in [3.05, 3.63) is 64.7 Å². The van der Waals surface area contributed by atoms with Crippen LogP contribution in [0.2, 0.25) is 0 Å². The number of hydrogen-bond acceptors (Lipinski definition) is 4. The van der Waals surface area contributed by atoms with Gasteiger partial charge >= 0.3 is 0 Å². The fraction of sp³-hybridized carbons (Fsp3) is 0.300. The van der Waals surface area contributed by atoms with Crippen molar-refractivity contribution in [3.8, 4) is 5.69 Å². The zero-order chi connectivity index (χ0) is 20.3. The van der Waals surface area contributed by atoms with Crippen molar-refractivity contribution in [2.24, 2.45) is 0 Å². The number of carbonyl (C=O) groups excluding carboxylic acids is 2. The minimum absolute atomic E-state index is 0.0310. The number of hydrogen-bond donors (Lipinski definition) is 2. The maximum atomic E-state index is 12.5. The number of benzene rings is 1. The Balaban J connectivity index is 1.68. The first-order chi connectivity index (χ1) is 13.4. The summed E-state index contributed by atoms with van der Waals surface area (Å²) in [5, 5.41) is 8.58. The molecule has 0 spiro atoms. The van der Waals surface area contributed by atoms with Crippen LogP contribution in [0.5, 0.6) is 0 Å². The van der Waals surface area contributed by atoms with Gasteiger partial charge < -0.3 is 0 Å². The molecule has 146 valence electrons. The van der Waals surface area contributed by atoms with Crippen LogP contribution in [0.15, 0.2) is 36.5 Å². The van der Waals surface area contributed by atoms with Crippen LogP contribution in [0.25, 0.3) is 5.69 Å². The summed E-state index contributed by atoms with van der Waals surface area (Å²) >= 11 is 0. The van der Waals surface area contributed by atoms with Crippen molar-refractivity contribution in [3.63, 3.8) is 0 Å². The van der Waals surface area contributed by atoms with Crippen molar-refractivity contribution < 1.29 is 9.59 Å². The highest BCUT2D eigenvalue weighted by Gasteiger charge is 2.18. The fourth-order valence-electron chi connectivity index (χ4n) is 3.02. The Morgan fingerprint density at radius 2 is 1.79 bits per heavy atom. The highest BCUT2D eigenvalue weighted by molar-refractivity contribution is 5.96. The first-order valence-electron chi connectivity index (χ1n) is 9.13. The van der Waals surface area contributed by atoms with Gasteiger partial charge in [0.1, 0.15) is 6.54 Å². The fourth-order valence-corrected chi connectivity index (χ4v) is 3.02. The van der Waals surface area contributed by atoms with Crippen molar-refractivity contribution in [1.29, 1.82) is 0 Å². The Hall–Kier alpha value is -3.42. The van der Waals surface area contributed by atoms with Crippen LogP contribution >= 0.6 is 0 Å². The first-order valence-corrected chi connectivity index (χ1v) is 9.13. The quantitative estimate of drug-likeness (QED) is 0.662. The number of rotatable bonds is 5. The predicted octanol–water partition coefficient (Wildman–Crippen LogP) is 2.02. The molecule has 0 fully saturated rings. The average molecular weight is 380 g/mol. The smallest absolute Gasteiger partial charge is 0.271 e. The van der Waals surface area contributed by atoms with Gasteiger partial charge in [0, 0.05) is 5.69 Å². The molecule has 2 N–H and O–H groups in total. The molecule has 2 aromatic heterocycles. The highest BCUT2D eigenvalue weighted by Crippen LogP contribution is 2.16. The highest BCUT2D eigenvalue weighted by atomic mass is 16.2. The van der Waals surface area contributed by atoms with E-state index in [0.717, 1.165) is 28.3 Å². The topological polar surface area (TPSA) is 93.8 Å². The number of nitrogens with one attached hydrogen (secondary N) is 2. The second-order valence-electron chi connectivity index (χ2n) is 6.69. The summed E-state index contributed by atoms with van der Waals surface area (Å²) in [6.07, 6.45) is 2.14. The third kappa shape index (κ3) is 4.11. The summed E-state index contributed by atoms with van der Waals surface area (Å²) in [4.78, 5) is 24.7. The second-order valence-corrected chi connectivity index (χ2v) is 6.69. The van der Waals surface area contributed by atoms with E-state index in [1.54, 1.807) is 9.36 Å². The molecule has 8 heteroatoms. The van der Waals surface area contributed by atoms with Crippen LogP contribution in [0.3, 0.4) is 0 Å². The zero-order valence-electron chi connectivity index (χ0n) is 16.5. The molecular formula is C20H24N6O2. The maximum Gasteiger partial charge on any atom is 0.273 e. The Morgan fingerprint density at radius 3 is 2.39 bits per heavy atom. The summed E-state index contributed by atoms with van der Waals surface area (Å²) in [5.74, 6) is -0.763. The van der Waals surface area contributed by atoms with Crippen LogP contribution in [-0.2, 0) is 17.8 Å². The predicted molar refractivity (Wildman–Crippen MR) is 105 cm³/mol. The van der Waals surface area contributed by atoms with Gasteiger partial charge in [-0.15, -0.1) is 0 Å². The molecule has 0 aliphatic rings. The number of aromatic nitrogens is 4. The van der Waals surface area contributed by atoms with Crippen LogP contribution in [0.1, 0.15) is 39.9 Å². The van der Waals surface area contributed by atoms with Gasteiger partial charge in [0.25, 0.3) is 11.8 Å². The van der Waals surface area contributed by atoms with Gasteiger partial charge in [-0.05, 0) is 45.4 Å². The lowest BCUT2D eigenvalue weighted by molar-refractivity contribution is -0.122. The Bertz CT molecular complexity index is 1000. The molecule has 3 aromatic rings. The first kappa shape index (κ1) is 19.3. The minimum Gasteiger partial charge on any atom is -0.271 e. The normalized spacial score (nSPS) is 10.7. The Morgan fingerprint density at radius 1 is 1.07 bits per heavy atom. The number of nitrogens with zero attached hydrogens (tertiary/aromatic N) is 4. The van der Waals surface area contributed by atoms with Crippen molar-refractivity contribution >= 4 is 11.8 Å². The molecule has 0 saturated carbocycles. The van der Waals surface area contributed by atoms with Gasteiger partial charge in [0.2, 0.25) is 0 Å². The zero-order valence-corrected chi connectivity index (χ0v) is 16.5. The van der Waals surface area contributed by atoms with E-state index in [2.05, 4.69) is 21.0 Å². The molecule has 0 unspecified atom stereocenters. The van der Waals surface area contributed by atoms with Gasteiger partial charge in [-0.3, -0.25) is 25.1 Å². The number of aryl methyl sites for hydroxylation is 3. The molecule has 1 aromatic carbocycles. The van der Waals surface area contributed by atoms with Crippen LogP contribution in [0.4, 0.5) is 0 Å². The lowest BCUT2D eigenvalue weighted by atomic mass is 10.2. The molecule has 0 aliphatic heterocycles. The molecule has 0 atom stereocenters. The third-order valence-electron chi connectivity index (χ3n) is 4.44. The Labute approximate surface area is 163 Å². The summed E-state index contributed by atoms with van der Waals surface area (Å²) < 4.78 is 3.33. The van der Waals surface area contributed by atoms with E-state index in [9.17, 15) is 9.59 Å². The monoisotopic (exact) mass is 380 g/mol. The van der Waals surface area contributed by atoms with Gasteiger partial charge in [-0.1, -0.05) is 24.6 Å². The van der Waals surface area contributed by atoms with E-state index in [-0.39, 0.29) is 12.5 Å². The lowest BCUT2D eigenvalue weighted by Crippen LogP contribution is -2.43. The van der Waals surface area contributed by atoms with Crippen molar-refractivity contribution in [1.82, 2.24) is 30.4 Å². The van der Waals surface area contributed by atoms with E-state index in [0.29, 0.717) is 12.0 Å². The standard InChI is InChI=1S/C20H24N6O2/c1-5-18-17(11-21-26(18)16-8-6-13(2)7-9-16)20(28)23-22-19(27)12-25-15(4)10-14(3)24-25/h6-11H,5,12H2,1-4H3,(H,22,27)(H,23,28). The van der Waals surface area contributed by atoms with Crippen LogP contribution in [0, 0.1) is 20.8 Å². The number of hydrazine groups is 1. The average Bonchev–Trinajstić information content (AvgIpc) is 3.23. The third-order valence-corrected chi connectivity index (χ3v) is 4.44. The molecule has 0 radical (unpaired) electrons. The summed E-state index contributed by atoms with van der Waals surface area (Å²) in [6.45, 7) is 7.74. The van der Waals surface area contributed by atoms with E-state index >= 15 is 0 Å². The van der Waals surface area contributed by atoms with Crippen molar-refractivity contribution in [2.75, 3.05) is 0 Å². The Kier molecular flexibility index (Phi) is 5.58. The van der Waals surface area contributed by atoms with Crippen LogP contribution < -0.4 is 10.9 Å². The largest absolute Gasteiger partial charge is 0.273 e. The van der Waals surface area contributed by atoms with Gasteiger partial charge in [-0.25, -0.2) is 4.68 Å². The summed E-state index contributed by atoms with van der Waals surface area (Å²) in [5.41, 5.74) is 9.85. The van der Waals surface area contributed by atoms with E-state index in [1.165, 1.54) is 6.20 Å². The maximum absolute atomic E-state index is 12.5. The SMILES string of the molecule is CCc1c(C(=O)NNC(=O)Cn2nc(C)cc2C)cnn1-c1ccc(C)cc1. The lowest BCUT2D eigenvalue weighted by Gasteiger charge is -2.10. The molecule has 2 heterocycles. The molecule has 3 rings (SSSR count). The van der Waals surface area contributed by atoms with E-state index < -0.39 is 5.91 Å². The molecule has 0 bridgehead atoms. The summed E-state index contributed by atoms with van der Waals surface area (Å²) in [6, 6.07) is 9.79. The van der Waals surface area contributed by atoms with Crippen molar-refractivity contribution in [2.45, 2.75) is 40.7 Å². The number of amides is 2. The van der Waals surface area contributed by atoms with Crippen LogP contribution in [-0.4, -0.2) is 31.4 Å². The second kappa shape index (κ2) is 8.08. The van der Waals surface area contributed by atoms with Gasteiger partial charge in [-0.2, -0.15) is 10.2 Å². The molecule has 2 amide bonds. The van der Waals surface area contributed by atoms with E-state index in [1.807, 2.05) is 58.0 Å². The molecular weight excluding hydrogens is 356 g/mol. The minimum atomic E-state index is -0.406. The molecule has 28 heavy (non-hydrogen) atoms. The molecule has 8 nitrogen and oxygen atoms in total. The summed E-state index contributed by atoms with van der Waals surface area (Å²) in [7, 11) is 0. The van der Waals surface area contributed by atoms with Gasteiger partial charge in [0.15, 0.2) is 0 Å². The van der Waals surface area contributed by atoms with E-state index in [4.69, 9.17) is 0 Å². The molecule has 0 saturated heterocycles. The number of carbonyl (C=O) groups is 2.